The van der Waals surface area contributed by atoms with Gasteiger partial charge in [0, 0.05) is 71.3 Å². The van der Waals surface area contributed by atoms with Gasteiger partial charge in [0.05, 0.1) is 5.52 Å². The van der Waals surface area contributed by atoms with Crippen LogP contribution in [0.4, 0.5) is 22.7 Å². The number of hydrogen-bond donors (Lipinski definition) is 0. The Hall–Kier alpha value is -6.94. The largest absolute Gasteiger partial charge is 0.509 e. The maximum atomic E-state index is 6.66. The van der Waals surface area contributed by atoms with Crippen LogP contribution in [0, 0.1) is 25.7 Å². The van der Waals surface area contributed by atoms with Crippen molar-refractivity contribution < 1.29 is 25.8 Å². The fraction of sp³-hybridized carbons (Fsp3) is 0.0189. The summed E-state index contributed by atoms with van der Waals surface area (Å²) in [6.45, 7) is 4.25. The van der Waals surface area contributed by atoms with Gasteiger partial charge in [0.1, 0.15) is 5.82 Å². The van der Waals surface area contributed by atoms with Crippen LogP contribution in [-0.4, -0.2) is 9.55 Å². The third-order valence-corrected chi connectivity index (χ3v) is 11.5. The fourth-order valence-electron chi connectivity index (χ4n) is 8.85. The summed E-state index contributed by atoms with van der Waals surface area (Å²) in [6.07, 6.45) is 0. The molecule has 0 spiro atoms. The Kier molecular flexibility index (Phi) is 8.28. The van der Waals surface area contributed by atoms with Crippen LogP contribution in [-0.2, 0) is 21.1 Å². The SMILES string of the molecule is Cc1ccc2c(c1)N(c1ccccc1)[CH-]N2c1[c-]c(Oc2[c-]c3c(cc2)c2ccccc2n3-c2nc3ccc4ccccc4c3c3c2ccc2ccccc23)ccc1.[Pt]. The molecule has 12 rings (SSSR count). The van der Waals surface area contributed by atoms with Crippen LogP contribution in [0.3, 0.4) is 0 Å². The number of rotatable bonds is 5. The molecule has 11 aromatic rings. The Balaban J connectivity index is 0.00000397. The van der Waals surface area contributed by atoms with Crippen molar-refractivity contribution in [3.05, 3.63) is 200 Å². The van der Waals surface area contributed by atoms with E-state index in [1.165, 1.54) is 32.5 Å². The first-order valence-corrected chi connectivity index (χ1v) is 19.5. The molecule has 0 fully saturated rings. The predicted octanol–water partition coefficient (Wildman–Crippen LogP) is 13.9. The zero-order chi connectivity index (χ0) is 38.3. The fourth-order valence-corrected chi connectivity index (χ4v) is 8.85. The van der Waals surface area contributed by atoms with Crippen molar-refractivity contribution in [1.29, 1.82) is 0 Å². The minimum atomic E-state index is 0. The number of nitrogens with zero attached hydrogens (tertiary/aromatic N) is 4. The molecule has 1 aliphatic rings. The number of anilines is 4. The smallest absolute Gasteiger partial charge is 0.144 e. The zero-order valence-corrected chi connectivity index (χ0v) is 34.1. The number of benzene rings is 9. The Bertz CT molecular complexity index is 3450. The second kappa shape index (κ2) is 13.9. The third-order valence-electron chi connectivity index (χ3n) is 11.5. The van der Waals surface area contributed by atoms with Crippen LogP contribution >= 0.6 is 0 Å². The Morgan fingerprint density at radius 1 is 0.525 bits per heavy atom. The van der Waals surface area contributed by atoms with E-state index in [4.69, 9.17) is 9.72 Å². The molecule has 284 valence electrons. The number of aromatic nitrogens is 2. The Morgan fingerprint density at radius 3 is 2.05 bits per heavy atom. The first kappa shape index (κ1) is 35.2. The van der Waals surface area contributed by atoms with Crippen molar-refractivity contribution in [3.63, 3.8) is 0 Å². The standard InChI is InChI=1S/C53H33N4O.Pt/c1-34-22-29-48-50(30-34)55(37-14-3-2-4-15-37)33-56(48)38-16-11-17-39(31-38)58-40-25-27-44-43-20-9-10-21-47(43)57(49(44)32-40)53-45-26-23-35-12-5-7-18-41(35)51(45)52-42-19-8-6-13-36(42)24-28-46(52)54-53;/h2-30,33H,1H3;/q-3;. The number of aryl methyl sites for hydroxylation is 1. The summed E-state index contributed by atoms with van der Waals surface area (Å²) in [5, 5.41) is 10.4. The molecule has 0 amide bonds. The van der Waals surface area contributed by atoms with Crippen LogP contribution < -0.4 is 14.5 Å². The van der Waals surface area contributed by atoms with E-state index >= 15 is 0 Å². The second-order valence-corrected chi connectivity index (χ2v) is 14.9. The van der Waals surface area contributed by atoms with Crippen molar-refractivity contribution in [1.82, 2.24) is 9.55 Å². The van der Waals surface area contributed by atoms with Crippen molar-refractivity contribution >= 4 is 87.8 Å². The van der Waals surface area contributed by atoms with Gasteiger partial charge in [-0.15, -0.1) is 48.1 Å². The van der Waals surface area contributed by atoms with Crippen molar-refractivity contribution in [3.8, 4) is 17.3 Å². The van der Waals surface area contributed by atoms with E-state index in [0.29, 0.717) is 11.5 Å². The van der Waals surface area contributed by atoms with Crippen LogP contribution in [0.2, 0.25) is 0 Å². The molecule has 2 aromatic heterocycles. The summed E-state index contributed by atoms with van der Waals surface area (Å²) < 4.78 is 8.92. The van der Waals surface area contributed by atoms with Crippen molar-refractivity contribution in [2.45, 2.75) is 6.92 Å². The molecule has 0 atom stereocenters. The van der Waals surface area contributed by atoms with Gasteiger partial charge in [0.25, 0.3) is 0 Å². The van der Waals surface area contributed by atoms with E-state index in [0.717, 1.165) is 66.7 Å². The topological polar surface area (TPSA) is 33.5 Å². The predicted molar refractivity (Wildman–Crippen MR) is 239 cm³/mol. The van der Waals surface area contributed by atoms with Gasteiger partial charge < -0.3 is 19.1 Å². The monoisotopic (exact) mass is 936 g/mol. The van der Waals surface area contributed by atoms with Crippen LogP contribution in [0.1, 0.15) is 5.56 Å². The number of ether oxygens (including phenoxy) is 1. The maximum absolute atomic E-state index is 6.66. The molecule has 0 saturated heterocycles. The summed E-state index contributed by atoms with van der Waals surface area (Å²) in [5.74, 6) is 2.06. The van der Waals surface area contributed by atoms with E-state index in [2.05, 4.69) is 192 Å². The number of fused-ring (bicyclic) bond motifs is 11. The summed E-state index contributed by atoms with van der Waals surface area (Å²) in [6, 6.07) is 69.0. The van der Waals surface area contributed by atoms with Gasteiger partial charge in [-0.1, -0.05) is 109 Å². The van der Waals surface area contributed by atoms with Gasteiger partial charge in [0.2, 0.25) is 0 Å². The van der Waals surface area contributed by atoms with Crippen LogP contribution in [0.15, 0.2) is 176 Å². The van der Waals surface area contributed by atoms with E-state index in [1.54, 1.807) is 0 Å². The normalized spacial score (nSPS) is 12.6. The molecule has 5 nitrogen and oxygen atoms in total. The van der Waals surface area contributed by atoms with Crippen molar-refractivity contribution in [2.75, 3.05) is 9.80 Å². The van der Waals surface area contributed by atoms with E-state index in [1.807, 2.05) is 24.3 Å². The van der Waals surface area contributed by atoms with Gasteiger partial charge in [-0.3, -0.25) is 0 Å². The number of para-hydroxylation sites is 2. The molecule has 0 aliphatic carbocycles. The van der Waals surface area contributed by atoms with Gasteiger partial charge in [-0.25, -0.2) is 4.98 Å². The average Bonchev–Trinajstić information content (AvgIpc) is 3.81. The molecule has 0 saturated carbocycles. The summed E-state index contributed by atoms with van der Waals surface area (Å²) >= 11 is 0. The molecule has 59 heavy (non-hydrogen) atoms. The molecule has 3 heterocycles. The molecule has 9 aromatic carbocycles. The van der Waals surface area contributed by atoms with Gasteiger partial charge in [-0.05, 0) is 81.9 Å². The number of pyridine rings is 1. The zero-order valence-electron chi connectivity index (χ0n) is 31.8. The molecule has 0 radical (unpaired) electrons. The third kappa shape index (κ3) is 5.61. The van der Waals surface area contributed by atoms with Crippen LogP contribution in [0.5, 0.6) is 11.5 Å². The van der Waals surface area contributed by atoms with E-state index < -0.39 is 0 Å². The maximum Gasteiger partial charge on any atom is 0.144 e. The van der Waals surface area contributed by atoms with Crippen LogP contribution in [0.25, 0.3) is 70.8 Å². The molecular weight excluding hydrogens is 904 g/mol. The van der Waals surface area contributed by atoms with E-state index in [-0.39, 0.29) is 21.1 Å². The average molecular weight is 937 g/mol. The molecule has 1 aliphatic heterocycles. The molecule has 6 heteroatoms. The first-order valence-electron chi connectivity index (χ1n) is 19.5. The quantitative estimate of drug-likeness (QED) is 0.127. The Morgan fingerprint density at radius 2 is 1.22 bits per heavy atom. The minimum absolute atomic E-state index is 0. The van der Waals surface area contributed by atoms with E-state index in [9.17, 15) is 0 Å². The molecular formula is C53H33N4OPt-3. The van der Waals surface area contributed by atoms with Gasteiger partial charge in [0.15, 0.2) is 0 Å². The van der Waals surface area contributed by atoms with Gasteiger partial charge in [-0.2, -0.15) is 12.1 Å². The first-order chi connectivity index (χ1) is 28.7. The number of hydrogen-bond acceptors (Lipinski definition) is 4. The van der Waals surface area contributed by atoms with Crippen molar-refractivity contribution in [2.24, 2.45) is 0 Å². The second-order valence-electron chi connectivity index (χ2n) is 14.9. The summed E-state index contributed by atoms with van der Waals surface area (Å²) in [5.41, 5.74) is 8.28. The summed E-state index contributed by atoms with van der Waals surface area (Å²) in [7, 11) is 0. The molecule has 0 N–H and O–H groups in total. The minimum Gasteiger partial charge on any atom is -0.509 e. The Labute approximate surface area is 355 Å². The van der Waals surface area contributed by atoms with Gasteiger partial charge >= 0.3 is 0 Å². The molecule has 0 bridgehead atoms. The summed E-state index contributed by atoms with van der Waals surface area (Å²) in [4.78, 5) is 9.90. The molecule has 0 unspecified atom stereocenters.